The Balaban J connectivity index is 2.35. The van der Waals surface area contributed by atoms with Crippen LogP contribution in [-0.4, -0.2) is 71.5 Å². The minimum absolute atomic E-state index is 0.114. The lowest BCUT2D eigenvalue weighted by Crippen LogP contribution is -2.50. The van der Waals surface area contributed by atoms with Gasteiger partial charge in [0.05, 0.1) is 12.7 Å². The first-order valence-electron chi connectivity index (χ1n) is 5.35. The van der Waals surface area contributed by atoms with Gasteiger partial charge in [-0.25, -0.2) is 13.2 Å². The van der Waals surface area contributed by atoms with Crippen LogP contribution in [0.25, 0.3) is 0 Å². The molecular weight excluding hydrogens is 276 g/mol. The quantitative estimate of drug-likeness (QED) is 0.703. The second kappa shape index (κ2) is 4.63. The van der Waals surface area contributed by atoms with Gasteiger partial charge in [0.25, 0.3) is 10.0 Å². The van der Waals surface area contributed by atoms with Crippen molar-refractivity contribution >= 4 is 21.9 Å². The standard InChI is InChI=1S/C9H12N4O5S/c1-12-2-3-13(5-7(12)14)19(17,18)8-6(9(15)16)4-10-11-8/h4H,2-3,5H2,1H3,(H,10,11)(H,15,16). The number of carboxylic acid groups (broad SMARTS) is 1. The number of H-pyrrole nitrogens is 1. The van der Waals surface area contributed by atoms with Gasteiger partial charge >= 0.3 is 5.97 Å². The molecule has 10 heteroatoms. The van der Waals surface area contributed by atoms with Crippen molar-refractivity contribution in [3.05, 3.63) is 11.8 Å². The Kier molecular flexibility index (Phi) is 3.28. The van der Waals surface area contributed by atoms with Crippen LogP contribution < -0.4 is 0 Å². The van der Waals surface area contributed by atoms with Crippen LogP contribution in [-0.2, 0) is 14.8 Å². The van der Waals surface area contributed by atoms with Gasteiger partial charge in [-0.05, 0) is 0 Å². The molecule has 9 nitrogen and oxygen atoms in total. The van der Waals surface area contributed by atoms with Crippen molar-refractivity contribution < 1.29 is 23.1 Å². The number of sulfonamides is 1. The molecule has 1 fully saturated rings. The molecule has 0 aromatic carbocycles. The normalized spacial score (nSPS) is 17.7. The molecule has 2 N–H and O–H groups in total. The first-order chi connectivity index (χ1) is 8.84. The summed E-state index contributed by atoms with van der Waals surface area (Å²) in [5.41, 5.74) is -0.439. The summed E-state index contributed by atoms with van der Waals surface area (Å²) in [6, 6.07) is 0. The molecule has 1 aliphatic heterocycles. The molecule has 2 heterocycles. The predicted octanol–water partition coefficient (Wildman–Crippen LogP) is -1.43. The molecular formula is C9H12N4O5S. The van der Waals surface area contributed by atoms with Crippen molar-refractivity contribution in [1.82, 2.24) is 19.4 Å². The summed E-state index contributed by atoms with van der Waals surface area (Å²) in [4.78, 5) is 23.8. The number of nitrogens with one attached hydrogen (secondary N) is 1. The third-order valence-corrected chi connectivity index (χ3v) is 4.67. The zero-order valence-electron chi connectivity index (χ0n) is 10.0. The zero-order chi connectivity index (χ0) is 14.2. The number of hydrogen-bond donors (Lipinski definition) is 2. The average molecular weight is 288 g/mol. The Hall–Kier alpha value is -1.94. The Bertz CT molecular complexity index is 622. The van der Waals surface area contributed by atoms with Gasteiger partial charge in [0.15, 0.2) is 5.03 Å². The van der Waals surface area contributed by atoms with Crippen molar-refractivity contribution in [2.75, 3.05) is 26.7 Å². The van der Waals surface area contributed by atoms with Crippen LogP contribution in [0.1, 0.15) is 10.4 Å². The number of hydrogen-bond acceptors (Lipinski definition) is 5. The summed E-state index contributed by atoms with van der Waals surface area (Å²) in [7, 11) is -2.49. The minimum Gasteiger partial charge on any atom is -0.478 e. The van der Waals surface area contributed by atoms with Gasteiger partial charge in [0.1, 0.15) is 5.56 Å². The number of aromatic nitrogens is 2. The fourth-order valence-electron chi connectivity index (χ4n) is 1.69. The number of rotatable bonds is 3. The number of carbonyl (C=O) groups excluding carboxylic acids is 1. The Morgan fingerprint density at radius 1 is 1.47 bits per heavy atom. The molecule has 19 heavy (non-hydrogen) atoms. The highest BCUT2D eigenvalue weighted by molar-refractivity contribution is 7.89. The van der Waals surface area contributed by atoms with Crippen LogP contribution >= 0.6 is 0 Å². The van der Waals surface area contributed by atoms with Gasteiger partial charge in [0, 0.05) is 20.1 Å². The largest absolute Gasteiger partial charge is 0.478 e. The SMILES string of the molecule is CN1CCN(S(=O)(=O)c2[nH]ncc2C(=O)O)CC1=O. The van der Waals surface area contributed by atoms with Crippen molar-refractivity contribution in [3.63, 3.8) is 0 Å². The van der Waals surface area contributed by atoms with E-state index in [1.807, 2.05) is 0 Å². The van der Waals surface area contributed by atoms with E-state index in [-0.39, 0.29) is 25.5 Å². The average Bonchev–Trinajstić information content (AvgIpc) is 2.82. The molecule has 0 bridgehead atoms. The number of piperazine rings is 1. The first kappa shape index (κ1) is 13.5. The fourth-order valence-corrected chi connectivity index (χ4v) is 3.14. The second-order valence-electron chi connectivity index (χ2n) is 4.07. The maximum Gasteiger partial charge on any atom is 0.340 e. The third kappa shape index (κ3) is 2.31. The highest BCUT2D eigenvalue weighted by Gasteiger charge is 2.35. The van der Waals surface area contributed by atoms with Gasteiger partial charge < -0.3 is 10.0 Å². The summed E-state index contributed by atoms with van der Waals surface area (Å²) in [5, 5.41) is 14.0. The van der Waals surface area contributed by atoms with Gasteiger partial charge in [-0.1, -0.05) is 0 Å². The number of likely N-dealkylation sites (N-methyl/N-ethyl adjacent to an activating group) is 1. The molecule has 0 unspecified atom stereocenters. The Morgan fingerprint density at radius 2 is 2.16 bits per heavy atom. The van der Waals surface area contributed by atoms with Crippen LogP contribution in [0.15, 0.2) is 11.2 Å². The summed E-state index contributed by atoms with van der Waals surface area (Å²) in [6.45, 7) is 0.0637. The van der Waals surface area contributed by atoms with Crippen LogP contribution in [0, 0.1) is 0 Å². The smallest absolute Gasteiger partial charge is 0.340 e. The van der Waals surface area contributed by atoms with E-state index in [1.165, 1.54) is 4.90 Å². The molecule has 0 saturated carbocycles. The van der Waals surface area contributed by atoms with E-state index in [0.29, 0.717) is 0 Å². The predicted molar refractivity (Wildman–Crippen MR) is 61.9 cm³/mol. The monoisotopic (exact) mass is 288 g/mol. The first-order valence-corrected chi connectivity index (χ1v) is 6.79. The lowest BCUT2D eigenvalue weighted by molar-refractivity contribution is -0.132. The summed E-state index contributed by atoms with van der Waals surface area (Å²) < 4.78 is 25.4. The third-order valence-electron chi connectivity index (χ3n) is 2.85. The van der Waals surface area contributed by atoms with Gasteiger partial charge in [-0.3, -0.25) is 9.89 Å². The fraction of sp³-hybridized carbons (Fsp3) is 0.444. The molecule has 2 rings (SSSR count). The van der Waals surface area contributed by atoms with E-state index < -0.39 is 26.6 Å². The molecule has 1 aliphatic rings. The summed E-state index contributed by atoms with van der Waals surface area (Å²) in [5.74, 6) is -1.74. The number of carboxylic acids is 1. The van der Waals surface area contributed by atoms with Crippen LogP contribution in [0.2, 0.25) is 0 Å². The van der Waals surface area contributed by atoms with Gasteiger partial charge in [-0.15, -0.1) is 0 Å². The minimum atomic E-state index is -4.06. The van der Waals surface area contributed by atoms with E-state index in [9.17, 15) is 18.0 Å². The van der Waals surface area contributed by atoms with E-state index in [1.54, 1.807) is 7.05 Å². The summed E-state index contributed by atoms with van der Waals surface area (Å²) in [6.07, 6.45) is 0.924. The lowest BCUT2D eigenvalue weighted by Gasteiger charge is -2.30. The zero-order valence-corrected chi connectivity index (χ0v) is 10.8. The van der Waals surface area contributed by atoms with E-state index in [4.69, 9.17) is 5.11 Å². The maximum atomic E-state index is 12.2. The van der Waals surface area contributed by atoms with Gasteiger partial charge in [-0.2, -0.15) is 9.40 Å². The number of aromatic carboxylic acids is 1. The lowest BCUT2D eigenvalue weighted by atomic mass is 10.4. The highest BCUT2D eigenvalue weighted by atomic mass is 32.2. The van der Waals surface area contributed by atoms with Crippen molar-refractivity contribution in [2.45, 2.75) is 5.03 Å². The van der Waals surface area contributed by atoms with E-state index >= 15 is 0 Å². The molecule has 1 saturated heterocycles. The highest BCUT2D eigenvalue weighted by Crippen LogP contribution is 2.19. The van der Waals surface area contributed by atoms with Crippen molar-refractivity contribution in [2.24, 2.45) is 0 Å². The summed E-state index contributed by atoms with van der Waals surface area (Å²) >= 11 is 0. The molecule has 0 spiro atoms. The number of nitrogens with zero attached hydrogens (tertiary/aromatic N) is 3. The number of carbonyl (C=O) groups is 2. The molecule has 104 valence electrons. The molecule has 1 amide bonds. The molecule has 1 aromatic rings. The molecule has 0 atom stereocenters. The number of amides is 1. The maximum absolute atomic E-state index is 12.2. The van der Waals surface area contributed by atoms with Crippen LogP contribution in [0.3, 0.4) is 0 Å². The Morgan fingerprint density at radius 3 is 2.74 bits per heavy atom. The van der Waals surface area contributed by atoms with Crippen molar-refractivity contribution in [3.8, 4) is 0 Å². The Labute approximate surface area is 108 Å². The molecule has 0 aliphatic carbocycles. The van der Waals surface area contributed by atoms with Crippen LogP contribution in [0.4, 0.5) is 0 Å². The van der Waals surface area contributed by atoms with Crippen molar-refractivity contribution in [1.29, 1.82) is 0 Å². The molecule has 1 aromatic heterocycles. The number of aromatic amines is 1. The van der Waals surface area contributed by atoms with Gasteiger partial charge in [0.2, 0.25) is 5.91 Å². The van der Waals surface area contributed by atoms with E-state index in [0.717, 1.165) is 10.5 Å². The topological polar surface area (TPSA) is 124 Å². The van der Waals surface area contributed by atoms with E-state index in [2.05, 4.69) is 10.2 Å². The van der Waals surface area contributed by atoms with Crippen LogP contribution in [0.5, 0.6) is 0 Å². The second-order valence-corrected chi connectivity index (χ2v) is 5.95. The molecule has 0 radical (unpaired) electrons.